The van der Waals surface area contributed by atoms with Crippen molar-refractivity contribution in [3.05, 3.63) is 0 Å². The number of guanidine groups is 2. The number of aliphatic imine (C=N–C) groups is 2. The Morgan fingerprint density at radius 2 is 1.06 bits per heavy atom. The maximum Gasteiger partial charge on any atom is 0.211 e. The molecule has 2 heterocycles. The SMILES string of the molecule is N#CNC1=NCN(C2CCCCCC2)CN1CN1CN(C2CCCCCC2)CN=C1NC#N. The van der Waals surface area contributed by atoms with E-state index in [4.69, 9.17) is 9.98 Å². The molecular formula is C23H38N10. The minimum absolute atomic E-state index is 0.521. The van der Waals surface area contributed by atoms with Crippen molar-refractivity contribution in [1.82, 2.24) is 30.2 Å². The van der Waals surface area contributed by atoms with E-state index in [0.29, 0.717) is 44.0 Å². The van der Waals surface area contributed by atoms with Crippen molar-refractivity contribution in [2.75, 3.05) is 33.3 Å². The number of hydrogen-bond donors (Lipinski definition) is 2. The molecule has 33 heavy (non-hydrogen) atoms. The van der Waals surface area contributed by atoms with E-state index >= 15 is 0 Å². The minimum Gasteiger partial charge on any atom is -0.311 e. The molecule has 2 aliphatic heterocycles. The third-order valence-corrected chi connectivity index (χ3v) is 7.47. The van der Waals surface area contributed by atoms with Gasteiger partial charge in [-0.05, 0) is 25.7 Å². The first kappa shape index (κ1) is 23.6. The summed E-state index contributed by atoms with van der Waals surface area (Å²) >= 11 is 0. The molecule has 10 heteroatoms. The summed E-state index contributed by atoms with van der Waals surface area (Å²) in [5.41, 5.74) is 0. The Labute approximate surface area is 197 Å². The molecule has 0 atom stereocenters. The number of rotatable bonds is 4. The molecule has 0 saturated heterocycles. The van der Waals surface area contributed by atoms with E-state index in [9.17, 15) is 10.5 Å². The van der Waals surface area contributed by atoms with Gasteiger partial charge in [0.1, 0.15) is 0 Å². The van der Waals surface area contributed by atoms with E-state index in [0.717, 1.165) is 13.3 Å². The molecule has 0 amide bonds. The first-order chi connectivity index (χ1) is 16.3. The second kappa shape index (κ2) is 12.1. The predicted octanol–water partition coefficient (Wildman–Crippen LogP) is 2.31. The van der Waals surface area contributed by atoms with Crippen LogP contribution < -0.4 is 10.6 Å². The molecule has 2 saturated carbocycles. The van der Waals surface area contributed by atoms with E-state index in [1.165, 1.54) is 77.0 Å². The van der Waals surface area contributed by atoms with Gasteiger partial charge in [0, 0.05) is 12.1 Å². The van der Waals surface area contributed by atoms with Gasteiger partial charge < -0.3 is 9.80 Å². The fourth-order valence-electron chi connectivity index (χ4n) is 5.65. The van der Waals surface area contributed by atoms with Crippen LogP contribution in [0.2, 0.25) is 0 Å². The van der Waals surface area contributed by atoms with Gasteiger partial charge in [-0.25, -0.2) is 9.98 Å². The lowest BCUT2D eigenvalue weighted by atomic mass is 10.1. The zero-order valence-electron chi connectivity index (χ0n) is 19.8. The fourth-order valence-corrected chi connectivity index (χ4v) is 5.65. The summed E-state index contributed by atoms with van der Waals surface area (Å²) in [6.45, 7) is 3.21. The third kappa shape index (κ3) is 6.27. The molecular weight excluding hydrogens is 416 g/mol. The first-order valence-electron chi connectivity index (χ1n) is 12.7. The van der Waals surface area contributed by atoms with Crippen molar-refractivity contribution in [2.45, 2.75) is 89.1 Å². The number of nitrogens with zero attached hydrogens (tertiary/aromatic N) is 8. The van der Waals surface area contributed by atoms with E-state index in [2.05, 4.69) is 30.2 Å². The largest absolute Gasteiger partial charge is 0.311 e. The van der Waals surface area contributed by atoms with Gasteiger partial charge in [-0.15, -0.1) is 0 Å². The summed E-state index contributed by atoms with van der Waals surface area (Å²) < 4.78 is 0. The second-order valence-corrected chi connectivity index (χ2v) is 9.69. The van der Waals surface area contributed by atoms with Crippen molar-refractivity contribution in [3.8, 4) is 12.4 Å². The highest BCUT2D eigenvalue weighted by Crippen LogP contribution is 2.25. The number of nitrogens with one attached hydrogen (secondary N) is 2. The lowest BCUT2D eigenvalue weighted by Crippen LogP contribution is -2.60. The molecule has 0 aromatic heterocycles. The van der Waals surface area contributed by atoms with Gasteiger partial charge in [0.05, 0.1) is 33.3 Å². The predicted molar refractivity (Wildman–Crippen MR) is 127 cm³/mol. The molecule has 0 unspecified atom stereocenters. The molecule has 4 aliphatic rings. The molecule has 0 spiro atoms. The van der Waals surface area contributed by atoms with Gasteiger partial charge >= 0.3 is 0 Å². The van der Waals surface area contributed by atoms with Crippen LogP contribution in [-0.2, 0) is 0 Å². The highest BCUT2D eigenvalue weighted by atomic mass is 15.5. The van der Waals surface area contributed by atoms with Gasteiger partial charge in [-0.1, -0.05) is 51.4 Å². The summed E-state index contributed by atoms with van der Waals surface area (Å²) in [7, 11) is 0. The third-order valence-electron chi connectivity index (χ3n) is 7.47. The zero-order chi connectivity index (χ0) is 22.9. The van der Waals surface area contributed by atoms with Crippen LogP contribution in [0.1, 0.15) is 77.0 Å². The van der Waals surface area contributed by atoms with Crippen LogP contribution in [0.25, 0.3) is 0 Å². The lowest BCUT2D eigenvalue weighted by Gasteiger charge is -2.44. The molecule has 2 N–H and O–H groups in total. The highest BCUT2D eigenvalue weighted by Gasteiger charge is 2.32. The van der Waals surface area contributed by atoms with Gasteiger partial charge in [0.2, 0.25) is 11.9 Å². The molecule has 0 aromatic rings. The molecule has 0 bridgehead atoms. The monoisotopic (exact) mass is 454 g/mol. The Morgan fingerprint density at radius 3 is 1.42 bits per heavy atom. The Kier molecular flexibility index (Phi) is 8.62. The summed E-state index contributed by atoms with van der Waals surface area (Å²) in [4.78, 5) is 18.5. The average molecular weight is 455 g/mol. The Bertz CT molecular complexity index is 701. The van der Waals surface area contributed by atoms with Crippen LogP contribution in [0, 0.1) is 22.9 Å². The van der Waals surface area contributed by atoms with Crippen LogP contribution in [0.5, 0.6) is 0 Å². The molecule has 4 rings (SSSR count). The normalized spacial score (nSPS) is 24.7. The lowest BCUT2D eigenvalue weighted by molar-refractivity contribution is 0.0552. The quantitative estimate of drug-likeness (QED) is 0.378. The van der Waals surface area contributed by atoms with E-state index in [1.807, 2.05) is 12.4 Å². The second-order valence-electron chi connectivity index (χ2n) is 9.69. The van der Waals surface area contributed by atoms with Gasteiger partial charge in [-0.3, -0.25) is 20.4 Å². The molecule has 10 nitrogen and oxygen atoms in total. The van der Waals surface area contributed by atoms with Crippen LogP contribution in [-0.4, -0.2) is 76.9 Å². The van der Waals surface area contributed by atoms with Crippen molar-refractivity contribution in [2.24, 2.45) is 9.98 Å². The Hall–Kier alpha value is -2.56. The molecule has 180 valence electrons. The molecule has 0 radical (unpaired) electrons. The Morgan fingerprint density at radius 1 is 0.667 bits per heavy atom. The topological polar surface area (TPSA) is 109 Å². The molecule has 2 aliphatic carbocycles. The van der Waals surface area contributed by atoms with Gasteiger partial charge in [-0.2, -0.15) is 10.5 Å². The van der Waals surface area contributed by atoms with Gasteiger partial charge in [0.15, 0.2) is 12.4 Å². The summed E-state index contributed by atoms with van der Waals surface area (Å²) in [6, 6.07) is 1.08. The summed E-state index contributed by atoms with van der Waals surface area (Å²) in [5.74, 6) is 1.20. The highest BCUT2D eigenvalue weighted by molar-refractivity contribution is 5.84. The molecule has 2 fully saturated rings. The van der Waals surface area contributed by atoms with Gasteiger partial charge in [0.25, 0.3) is 0 Å². The maximum atomic E-state index is 9.29. The first-order valence-corrected chi connectivity index (χ1v) is 12.7. The van der Waals surface area contributed by atoms with Crippen LogP contribution in [0.15, 0.2) is 9.98 Å². The van der Waals surface area contributed by atoms with Crippen LogP contribution in [0.3, 0.4) is 0 Å². The number of hydrogen-bond acceptors (Lipinski definition) is 10. The van der Waals surface area contributed by atoms with Crippen molar-refractivity contribution in [1.29, 1.82) is 10.5 Å². The van der Waals surface area contributed by atoms with E-state index < -0.39 is 0 Å². The van der Waals surface area contributed by atoms with Crippen molar-refractivity contribution >= 4 is 11.9 Å². The smallest absolute Gasteiger partial charge is 0.211 e. The standard InChI is InChI=1S/C23H38N10/c24-13-26-22-28-15-30(20-9-5-1-2-6-10-20)17-32(22)19-33-18-31(16-29-23(33)27-14-25)21-11-7-3-4-8-12-21/h20-21H,1-12,15-19H2,(H,26,28)(H,27,29). The fraction of sp³-hybridized carbons (Fsp3) is 0.826. The van der Waals surface area contributed by atoms with Crippen LogP contribution in [0.4, 0.5) is 0 Å². The zero-order valence-corrected chi connectivity index (χ0v) is 19.8. The van der Waals surface area contributed by atoms with Crippen LogP contribution >= 0.6 is 0 Å². The Balaban J connectivity index is 1.47. The van der Waals surface area contributed by atoms with E-state index in [-0.39, 0.29) is 0 Å². The van der Waals surface area contributed by atoms with Crippen molar-refractivity contribution in [3.63, 3.8) is 0 Å². The van der Waals surface area contributed by atoms with E-state index in [1.54, 1.807) is 0 Å². The molecule has 0 aromatic carbocycles. The maximum absolute atomic E-state index is 9.29. The summed E-state index contributed by atoms with van der Waals surface area (Å²) in [5, 5.41) is 24.1. The summed E-state index contributed by atoms with van der Waals surface area (Å²) in [6.07, 6.45) is 19.3. The number of nitriles is 2. The van der Waals surface area contributed by atoms with Crippen molar-refractivity contribution < 1.29 is 0 Å². The average Bonchev–Trinajstić information content (AvgIpc) is 3.27. The minimum atomic E-state index is 0.521.